The quantitative estimate of drug-likeness (QED) is 0.617. The maximum Gasteiger partial charge on any atom is 0.260 e. The SMILES string of the molecule is COc1ccc(OCCNC(=O)[C@@H](C)Oc2ccc3ccccc3c2)cc1. The summed E-state index contributed by atoms with van der Waals surface area (Å²) >= 11 is 0. The number of hydrogen-bond donors (Lipinski definition) is 1. The molecule has 140 valence electrons. The molecule has 0 saturated heterocycles. The van der Waals surface area contributed by atoms with E-state index in [1.165, 1.54) is 0 Å². The van der Waals surface area contributed by atoms with Gasteiger partial charge in [-0.1, -0.05) is 30.3 Å². The van der Waals surface area contributed by atoms with Gasteiger partial charge in [-0.05, 0) is 54.1 Å². The van der Waals surface area contributed by atoms with Crippen LogP contribution in [-0.4, -0.2) is 32.3 Å². The summed E-state index contributed by atoms with van der Waals surface area (Å²) in [5.41, 5.74) is 0. The minimum Gasteiger partial charge on any atom is -0.497 e. The fourth-order valence-corrected chi connectivity index (χ4v) is 2.66. The molecular weight excluding hydrogens is 342 g/mol. The predicted octanol–water partition coefficient (Wildman–Crippen LogP) is 3.81. The van der Waals surface area contributed by atoms with Crippen LogP contribution in [0.15, 0.2) is 66.7 Å². The van der Waals surface area contributed by atoms with Gasteiger partial charge in [-0.25, -0.2) is 0 Å². The Morgan fingerprint density at radius 1 is 0.926 bits per heavy atom. The predicted molar refractivity (Wildman–Crippen MR) is 106 cm³/mol. The molecular formula is C22H23NO4. The number of rotatable bonds is 8. The molecule has 3 rings (SSSR count). The Morgan fingerprint density at radius 2 is 1.59 bits per heavy atom. The molecule has 5 nitrogen and oxygen atoms in total. The first-order valence-electron chi connectivity index (χ1n) is 8.86. The molecule has 1 N–H and O–H groups in total. The molecule has 0 saturated carbocycles. The zero-order chi connectivity index (χ0) is 19.1. The Bertz CT molecular complexity index is 892. The first-order chi connectivity index (χ1) is 13.2. The molecule has 1 atom stereocenters. The van der Waals surface area contributed by atoms with Crippen molar-refractivity contribution in [2.24, 2.45) is 0 Å². The summed E-state index contributed by atoms with van der Waals surface area (Å²) in [6.07, 6.45) is -0.591. The number of hydrogen-bond acceptors (Lipinski definition) is 4. The molecule has 3 aromatic carbocycles. The number of nitrogens with one attached hydrogen (secondary N) is 1. The number of amides is 1. The molecule has 0 radical (unpaired) electrons. The summed E-state index contributed by atoms with van der Waals surface area (Å²) in [5, 5.41) is 5.03. The van der Waals surface area contributed by atoms with Crippen LogP contribution in [0.5, 0.6) is 17.2 Å². The molecule has 5 heteroatoms. The molecule has 0 aliphatic rings. The highest BCUT2D eigenvalue weighted by atomic mass is 16.5. The van der Waals surface area contributed by atoms with Gasteiger partial charge in [-0.2, -0.15) is 0 Å². The monoisotopic (exact) mass is 365 g/mol. The molecule has 1 amide bonds. The van der Waals surface area contributed by atoms with Crippen molar-refractivity contribution in [2.75, 3.05) is 20.3 Å². The van der Waals surface area contributed by atoms with E-state index in [-0.39, 0.29) is 5.91 Å². The second-order valence-corrected chi connectivity index (χ2v) is 6.08. The zero-order valence-corrected chi connectivity index (χ0v) is 15.5. The molecule has 0 bridgehead atoms. The minimum atomic E-state index is -0.591. The third kappa shape index (κ3) is 5.14. The molecule has 0 aromatic heterocycles. The van der Waals surface area contributed by atoms with Crippen molar-refractivity contribution in [3.63, 3.8) is 0 Å². The Labute approximate surface area is 158 Å². The van der Waals surface area contributed by atoms with Crippen LogP contribution in [0.2, 0.25) is 0 Å². The van der Waals surface area contributed by atoms with Crippen LogP contribution in [0.25, 0.3) is 10.8 Å². The van der Waals surface area contributed by atoms with Crippen molar-refractivity contribution < 1.29 is 19.0 Å². The average Bonchev–Trinajstić information content (AvgIpc) is 2.71. The lowest BCUT2D eigenvalue weighted by Gasteiger charge is -2.15. The number of ether oxygens (including phenoxy) is 3. The first kappa shape index (κ1) is 18.6. The normalized spacial score (nSPS) is 11.6. The lowest BCUT2D eigenvalue weighted by atomic mass is 10.1. The average molecular weight is 365 g/mol. The smallest absolute Gasteiger partial charge is 0.260 e. The van der Waals surface area contributed by atoms with E-state index in [2.05, 4.69) is 5.32 Å². The fourth-order valence-electron chi connectivity index (χ4n) is 2.66. The lowest BCUT2D eigenvalue weighted by molar-refractivity contribution is -0.127. The van der Waals surface area contributed by atoms with Crippen molar-refractivity contribution in [2.45, 2.75) is 13.0 Å². The topological polar surface area (TPSA) is 56.8 Å². The largest absolute Gasteiger partial charge is 0.497 e. The lowest BCUT2D eigenvalue weighted by Crippen LogP contribution is -2.38. The third-order valence-corrected chi connectivity index (χ3v) is 4.13. The number of carbonyl (C=O) groups is 1. The maximum atomic E-state index is 12.2. The van der Waals surface area contributed by atoms with Gasteiger partial charge in [0.15, 0.2) is 6.10 Å². The molecule has 0 aliphatic carbocycles. The Hall–Kier alpha value is -3.21. The summed E-state index contributed by atoms with van der Waals surface area (Å²) < 4.78 is 16.4. The van der Waals surface area contributed by atoms with E-state index in [4.69, 9.17) is 14.2 Å². The van der Waals surface area contributed by atoms with Gasteiger partial charge in [-0.3, -0.25) is 4.79 Å². The van der Waals surface area contributed by atoms with Crippen LogP contribution in [0.3, 0.4) is 0 Å². The number of methoxy groups -OCH3 is 1. The summed E-state index contributed by atoms with van der Waals surface area (Å²) in [6, 6.07) is 21.1. The standard InChI is InChI=1S/C22H23NO4/c1-16(27-21-8-7-17-5-3-4-6-18(17)15-21)22(24)23-13-14-26-20-11-9-19(25-2)10-12-20/h3-12,15-16H,13-14H2,1-2H3,(H,23,24)/t16-/m1/s1. The molecule has 0 heterocycles. The van der Waals surface area contributed by atoms with E-state index in [0.29, 0.717) is 18.9 Å². The van der Waals surface area contributed by atoms with Crippen LogP contribution in [0, 0.1) is 0 Å². The van der Waals surface area contributed by atoms with Gasteiger partial charge in [0.25, 0.3) is 5.91 Å². The van der Waals surface area contributed by atoms with Crippen LogP contribution >= 0.6 is 0 Å². The maximum absolute atomic E-state index is 12.2. The highest BCUT2D eigenvalue weighted by molar-refractivity contribution is 5.84. The van der Waals surface area contributed by atoms with Crippen molar-refractivity contribution in [1.82, 2.24) is 5.32 Å². The molecule has 27 heavy (non-hydrogen) atoms. The van der Waals surface area contributed by atoms with Crippen molar-refractivity contribution in [3.8, 4) is 17.2 Å². The number of fused-ring (bicyclic) bond motifs is 1. The third-order valence-electron chi connectivity index (χ3n) is 4.13. The van der Waals surface area contributed by atoms with Crippen LogP contribution in [0.1, 0.15) is 6.92 Å². The highest BCUT2D eigenvalue weighted by Crippen LogP contribution is 2.21. The van der Waals surface area contributed by atoms with Crippen molar-refractivity contribution in [1.29, 1.82) is 0 Å². The zero-order valence-electron chi connectivity index (χ0n) is 15.5. The Kier molecular flexibility index (Phi) is 6.15. The molecule has 0 fully saturated rings. The van der Waals surface area contributed by atoms with E-state index >= 15 is 0 Å². The second kappa shape index (κ2) is 8.94. The molecule has 3 aromatic rings. The molecule has 0 spiro atoms. The van der Waals surface area contributed by atoms with Crippen molar-refractivity contribution >= 4 is 16.7 Å². The van der Waals surface area contributed by atoms with E-state index in [1.807, 2.05) is 66.7 Å². The first-order valence-corrected chi connectivity index (χ1v) is 8.86. The van der Waals surface area contributed by atoms with Crippen LogP contribution in [0.4, 0.5) is 0 Å². The van der Waals surface area contributed by atoms with Gasteiger partial charge in [-0.15, -0.1) is 0 Å². The molecule has 0 aliphatic heterocycles. The molecule has 0 unspecified atom stereocenters. The fraction of sp³-hybridized carbons (Fsp3) is 0.227. The Morgan fingerprint density at radius 3 is 2.33 bits per heavy atom. The summed E-state index contributed by atoms with van der Waals surface area (Å²) in [5.74, 6) is 1.99. The second-order valence-electron chi connectivity index (χ2n) is 6.08. The number of carbonyl (C=O) groups excluding carboxylic acids is 1. The van der Waals surface area contributed by atoms with Crippen LogP contribution in [-0.2, 0) is 4.79 Å². The Balaban J connectivity index is 1.44. The van der Waals surface area contributed by atoms with E-state index < -0.39 is 6.10 Å². The van der Waals surface area contributed by atoms with Gasteiger partial charge in [0.2, 0.25) is 0 Å². The van der Waals surface area contributed by atoms with Gasteiger partial charge in [0, 0.05) is 0 Å². The van der Waals surface area contributed by atoms with E-state index in [0.717, 1.165) is 22.3 Å². The van der Waals surface area contributed by atoms with Gasteiger partial charge in [0.1, 0.15) is 23.9 Å². The van der Waals surface area contributed by atoms with E-state index in [9.17, 15) is 4.79 Å². The van der Waals surface area contributed by atoms with Gasteiger partial charge in [0.05, 0.1) is 13.7 Å². The summed E-state index contributed by atoms with van der Waals surface area (Å²) in [4.78, 5) is 12.2. The van der Waals surface area contributed by atoms with Gasteiger partial charge >= 0.3 is 0 Å². The minimum absolute atomic E-state index is 0.179. The summed E-state index contributed by atoms with van der Waals surface area (Å²) in [7, 11) is 1.62. The summed E-state index contributed by atoms with van der Waals surface area (Å²) in [6.45, 7) is 2.51. The number of benzene rings is 3. The van der Waals surface area contributed by atoms with Crippen molar-refractivity contribution in [3.05, 3.63) is 66.7 Å². The highest BCUT2D eigenvalue weighted by Gasteiger charge is 2.14. The van der Waals surface area contributed by atoms with Crippen LogP contribution < -0.4 is 19.5 Å². The van der Waals surface area contributed by atoms with E-state index in [1.54, 1.807) is 14.0 Å². The van der Waals surface area contributed by atoms with Gasteiger partial charge < -0.3 is 19.5 Å².